The van der Waals surface area contributed by atoms with Gasteiger partial charge in [0.1, 0.15) is 0 Å². The first-order valence-electron chi connectivity index (χ1n) is 6.93. The summed E-state index contributed by atoms with van der Waals surface area (Å²) in [4.78, 5) is 1.40. The van der Waals surface area contributed by atoms with E-state index >= 15 is 0 Å². The molecule has 1 aliphatic carbocycles. The molecule has 4 heteroatoms. The summed E-state index contributed by atoms with van der Waals surface area (Å²) in [6, 6.07) is 6.81. The number of nitrogens with one attached hydrogen (secondary N) is 1. The molecule has 1 unspecified atom stereocenters. The first-order chi connectivity index (χ1) is 9.22. The van der Waals surface area contributed by atoms with Crippen molar-refractivity contribution in [3.63, 3.8) is 0 Å². The molecule has 3 rings (SSSR count). The molecule has 2 aliphatic rings. The average molecular weight is 314 g/mol. The van der Waals surface area contributed by atoms with Gasteiger partial charge >= 0.3 is 0 Å². The van der Waals surface area contributed by atoms with Crippen LogP contribution in [0.3, 0.4) is 0 Å². The molecule has 1 heterocycles. The second-order valence-electron chi connectivity index (χ2n) is 5.49. The van der Waals surface area contributed by atoms with Gasteiger partial charge in [-0.25, -0.2) is 0 Å². The van der Waals surface area contributed by atoms with Gasteiger partial charge in [-0.15, -0.1) is 11.8 Å². The van der Waals surface area contributed by atoms with Crippen LogP contribution in [0.25, 0.3) is 0 Å². The maximum Gasteiger partial charge on any atom is 0.0410 e. The summed E-state index contributed by atoms with van der Waals surface area (Å²) >= 11 is 10.2. The Morgan fingerprint density at radius 2 is 2.32 bits per heavy atom. The first kappa shape index (κ1) is 14.1. The third-order valence-corrected chi connectivity index (χ3v) is 7.16. The first-order valence-corrected chi connectivity index (χ1v) is 9.52. The fourth-order valence-electron chi connectivity index (χ4n) is 2.91. The van der Waals surface area contributed by atoms with Gasteiger partial charge in [0.05, 0.1) is 0 Å². The van der Waals surface area contributed by atoms with Crippen molar-refractivity contribution < 1.29 is 0 Å². The topological polar surface area (TPSA) is 12.0 Å². The zero-order valence-electron chi connectivity index (χ0n) is 11.2. The van der Waals surface area contributed by atoms with Gasteiger partial charge in [0.15, 0.2) is 0 Å². The van der Waals surface area contributed by atoms with E-state index in [1.54, 1.807) is 0 Å². The molecule has 1 aromatic rings. The normalized spacial score (nSPS) is 24.6. The molecule has 1 nitrogen and oxygen atoms in total. The highest BCUT2D eigenvalue weighted by Crippen LogP contribution is 2.43. The number of hydrogen-bond acceptors (Lipinski definition) is 3. The zero-order valence-corrected chi connectivity index (χ0v) is 13.6. The molecule has 1 atom stereocenters. The van der Waals surface area contributed by atoms with Crippen LogP contribution in [0.15, 0.2) is 23.1 Å². The largest absolute Gasteiger partial charge is 0.308 e. The van der Waals surface area contributed by atoms with Crippen molar-refractivity contribution in [3.05, 3.63) is 28.8 Å². The third kappa shape index (κ3) is 2.94. The van der Waals surface area contributed by atoms with E-state index in [0.29, 0.717) is 10.8 Å². The highest BCUT2D eigenvalue weighted by Gasteiger charge is 2.36. The van der Waals surface area contributed by atoms with Crippen LogP contribution in [0.4, 0.5) is 0 Å². The van der Waals surface area contributed by atoms with Crippen molar-refractivity contribution in [2.75, 3.05) is 18.6 Å². The lowest BCUT2D eigenvalue weighted by Gasteiger charge is -2.42. The zero-order chi connectivity index (χ0) is 13.3. The number of fused-ring (bicyclic) bond motifs is 1. The summed E-state index contributed by atoms with van der Waals surface area (Å²) in [5, 5.41) is 4.66. The fraction of sp³-hybridized carbons (Fsp3) is 0.600. The fourth-order valence-corrected chi connectivity index (χ4v) is 5.12. The molecule has 0 aromatic heterocycles. The molecule has 1 saturated carbocycles. The Bertz CT molecular complexity index is 454. The van der Waals surface area contributed by atoms with E-state index in [-0.39, 0.29) is 0 Å². The summed E-state index contributed by atoms with van der Waals surface area (Å²) < 4.78 is 0.503. The molecule has 1 aliphatic heterocycles. The Hall–Kier alpha value is 0.170. The Morgan fingerprint density at radius 3 is 3.00 bits per heavy atom. The molecule has 0 bridgehead atoms. The van der Waals surface area contributed by atoms with E-state index in [1.165, 1.54) is 41.9 Å². The monoisotopic (exact) mass is 313 g/mol. The molecule has 0 saturated heterocycles. The Balaban J connectivity index is 1.71. The van der Waals surface area contributed by atoms with Gasteiger partial charge in [-0.1, -0.05) is 18.0 Å². The van der Waals surface area contributed by atoms with E-state index < -0.39 is 0 Å². The Morgan fingerprint density at radius 1 is 1.47 bits per heavy atom. The molecule has 1 aromatic carbocycles. The molecule has 0 amide bonds. The lowest BCUT2D eigenvalue weighted by molar-refractivity contribution is 0.327. The predicted octanol–water partition coefficient (Wildman–Crippen LogP) is 4.75. The van der Waals surface area contributed by atoms with Crippen LogP contribution in [-0.4, -0.2) is 23.3 Å². The van der Waals surface area contributed by atoms with Gasteiger partial charge in [0.2, 0.25) is 0 Å². The minimum Gasteiger partial charge on any atom is -0.308 e. The number of rotatable bonds is 4. The highest BCUT2D eigenvalue weighted by atomic mass is 35.5. The van der Waals surface area contributed by atoms with E-state index in [2.05, 4.69) is 23.7 Å². The molecular formula is C15H20ClNS2. The smallest absolute Gasteiger partial charge is 0.0410 e. The van der Waals surface area contributed by atoms with Gasteiger partial charge in [0.25, 0.3) is 0 Å². The molecule has 0 spiro atoms. The van der Waals surface area contributed by atoms with Crippen molar-refractivity contribution in [2.45, 2.75) is 41.4 Å². The third-order valence-electron chi connectivity index (χ3n) is 4.38. The van der Waals surface area contributed by atoms with Gasteiger partial charge in [-0.05, 0) is 55.0 Å². The quantitative estimate of drug-likeness (QED) is 0.861. The predicted molar refractivity (Wildman–Crippen MR) is 87.6 cm³/mol. The lowest BCUT2D eigenvalue weighted by atomic mass is 9.84. The standard InChI is InChI=1S/C15H20ClNS2/c1-18-15(6-2-7-15)10-17-13-5-8-19-14-4-3-11(16)9-12(13)14/h3-4,9,13,17H,2,5-8,10H2,1H3. The molecule has 0 radical (unpaired) electrons. The minimum atomic E-state index is 0.486. The van der Waals surface area contributed by atoms with Crippen LogP contribution in [0.1, 0.15) is 37.3 Å². The Kier molecular flexibility index (Phi) is 4.37. The van der Waals surface area contributed by atoms with E-state index in [1.807, 2.05) is 29.6 Å². The van der Waals surface area contributed by atoms with Crippen molar-refractivity contribution in [1.29, 1.82) is 0 Å². The van der Waals surface area contributed by atoms with Gasteiger partial charge < -0.3 is 5.32 Å². The van der Waals surface area contributed by atoms with E-state index in [0.717, 1.165) is 11.6 Å². The summed E-state index contributed by atoms with van der Waals surface area (Å²) in [6.07, 6.45) is 7.59. The number of thioether (sulfide) groups is 2. The van der Waals surface area contributed by atoms with Crippen molar-refractivity contribution >= 4 is 35.1 Å². The highest BCUT2D eigenvalue weighted by molar-refractivity contribution is 8.00. The average Bonchev–Trinajstić information content (AvgIpc) is 2.38. The van der Waals surface area contributed by atoms with Crippen molar-refractivity contribution in [1.82, 2.24) is 5.32 Å². The number of halogens is 1. The molecular weight excluding hydrogens is 294 g/mol. The maximum absolute atomic E-state index is 6.16. The second kappa shape index (κ2) is 5.88. The second-order valence-corrected chi connectivity index (χ2v) is 8.34. The summed E-state index contributed by atoms with van der Waals surface area (Å²) in [5.41, 5.74) is 1.40. The number of benzene rings is 1. The molecule has 104 valence electrons. The van der Waals surface area contributed by atoms with Crippen molar-refractivity contribution in [3.8, 4) is 0 Å². The SMILES string of the molecule is CSC1(CNC2CCSc3ccc(Cl)cc32)CCC1. The van der Waals surface area contributed by atoms with Crippen LogP contribution >= 0.6 is 35.1 Å². The van der Waals surface area contributed by atoms with Gasteiger partial charge in [-0.2, -0.15) is 11.8 Å². The Labute approximate surface area is 129 Å². The van der Waals surface area contributed by atoms with Crippen LogP contribution in [0, 0.1) is 0 Å². The van der Waals surface area contributed by atoms with Crippen LogP contribution in [0.5, 0.6) is 0 Å². The summed E-state index contributed by atoms with van der Waals surface area (Å²) in [6.45, 7) is 1.13. The summed E-state index contributed by atoms with van der Waals surface area (Å²) in [7, 11) is 0. The van der Waals surface area contributed by atoms with Crippen LogP contribution < -0.4 is 5.32 Å². The van der Waals surface area contributed by atoms with E-state index in [4.69, 9.17) is 11.6 Å². The van der Waals surface area contributed by atoms with Crippen LogP contribution in [0.2, 0.25) is 5.02 Å². The maximum atomic E-state index is 6.16. The molecule has 1 N–H and O–H groups in total. The molecule has 19 heavy (non-hydrogen) atoms. The lowest BCUT2D eigenvalue weighted by Crippen LogP contribution is -2.44. The van der Waals surface area contributed by atoms with Crippen LogP contribution in [-0.2, 0) is 0 Å². The minimum absolute atomic E-state index is 0.486. The summed E-state index contributed by atoms with van der Waals surface area (Å²) in [5.74, 6) is 1.21. The molecule has 1 fully saturated rings. The van der Waals surface area contributed by atoms with E-state index in [9.17, 15) is 0 Å². The number of hydrogen-bond donors (Lipinski definition) is 1. The van der Waals surface area contributed by atoms with Crippen molar-refractivity contribution in [2.24, 2.45) is 0 Å². The van der Waals surface area contributed by atoms with Gasteiger partial charge in [-0.3, -0.25) is 0 Å². The van der Waals surface area contributed by atoms with Gasteiger partial charge in [0, 0.05) is 27.3 Å².